The molecular weight excluding hydrogens is 436 g/mol. The van der Waals surface area contributed by atoms with Gasteiger partial charge < -0.3 is 10.0 Å². The zero-order valence-corrected chi connectivity index (χ0v) is 19.3. The molecule has 0 spiro atoms. The molecule has 3 aliphatic rings. The maximum Gasteiger partial charge on any atom is 0.225 e. The van der Waals surface area contributed by atoms with Gasteiger partial charge in [0.15, 0.2) is 0 Å². The number of benzene rings is 1. The van der Waals surface area contributed by atoms with Gasteiger partial charge in [-0.25, -0.2) is 18.7 Å². The summed E-state index contributed by atoms with van der Waals surface area (Å²) in [5, 5.41) is 18.7. The molecule has 6 nitrogen and oxygen atoms in total. The Bertz CT molecular complexity index is 1260. The summed E-state index contributed by atoms with van der Waals surface area (Å²) in [7, 11) is 0. The summed E-state index contributed by atoms with van der Waals surface area (Å²) >= 11 is 0. The number of aromatic nitrogens is 4. The lowest BCUT2D eigenvalue weighted by molar-refractivity contribution is 0.242. The Morgan fingerprint density at radius 3 is 2.68 bits per heavy atom. The number of nitrogens with zero attached hydrogens (tertiary/aromatic N) is 5. The van der Waals surface area contributed by atoms with Gasteiger partial charge in [0.25, 0.3) is 0 Å². The largest absolute Gasteiger partial charge is 0.394 e. The Morgan fingerprint density at radius 2 is 1.91 bits per heavy atom. The molecule has 3 heterocycles. The van der Waals surface area contributed by atoms with E-state index in [2.05, 4.69) is 33.9 Å². The third-order valence-corrected chi connectivity index (χ3v) is 8.53. The van der Waals surface area contributed by atoms with E-state index >= 15 is 0 Å². The fourth-order valence-electron chi connectivity index (χ4n) is 6.77. The molecule has 0 radical (unpaired) electrons. The highest BCUT2D eigenvalue weighted by Gasteiger charge is 2.65. The summed E-state index contributed by atoms with van der Waals surface area (Å²) in [4.78, 5) is 11.6. The number of rotatable bonds is 4. The molecule has 2 aromatic heterocycles. The Kier molecular flexibility index (Phi) is 4.75. The fraction of sp³-hybridized carbons (Fsp3) is 0.462. The van der Waals surface area contributed by atoms with Gasteiger partial charge in [0.05, 0.1) is 40.7 Å². The van der Waals surface area contributed by atoms with Crippen LogP contribution in [0.1, 0.15) is 62.4 Å². The van der Waals surface area contributed by atoms with E-state index in [9.17, 15) is 13.9 Å². The molecule has 176 valence electrons. The summed E-state index contributed by atoms with van der Waals surface area (Å²) in [6, 6.07) is 7.64. The number of hydrogen-bond donors (Lipinski definition) is 1. The van der Waals surface area contributed by atoms with Crippen molar-refractivity contribution in [3.8, 4) is 11.3 Å². The molecule has 3 aromatic rings. The van der Waals surface area contributed by atoms with Crippen molar-refractivity contribution in [1.82, 2.24) is 20.2 Å². The van der Waals surface area contributed by atoms with E-state index in [0.717, 1.165) is 49.2 Å². The molecule has 3 atom stereocenters. The molecule has 1 N–H and O–H groups in total. The number of aliphatic hydroxyl groups is 1. The molecule has 2 bridgehead atoms. The van der Waals surface area contributed by atoms with Gasteiger partial charge in [-0.15, -0.1) is 5.10 Å². The van der Waals surface area contributed by atoms with Crippen LogP contribution in [0.5, 0.6) is 0 Å². The monoisotopic (exact) mass is 463 g/mol. The van der Waals surface area contributed by atoms with Crippen LogP contribution in [0.2, 0.25) is 0 Å². The van der Waals surface area contributed by atoms with Crippen LogP contribution in [0.4, 0.5) is 14.7 Å². The average Bonchev–Trinajstić information content (AvgIpc) is 3.47. The first-order valence-corrected chi connectivity index (χ1v) is 11.9. The van der Waals surface area contributed by atoms with E-state index in [0.29, 0.717) is 5.95 Å². The third-order valence-electron chi connectivity index (χ3n) is 8.53. The summed E-state index contributed by atoms with van der Waals surface area (Å²) < 4.78 is 28.9. The number of aliphatic hydroxyl groups excluding tert-OH is 1. The maximum atomic E-state index is 14.5. The second kappa shape index (κ2) is 7.50. The SMILES string of the molecule is CC1(C)[C@H]2CC[C@]1(c1ccnc(N3CCC[C@H]3CO)n1)c1nnc(-c3c(F)cccc3F)cc12. The van der Waals surface area contributed by atoms with E-state index in [1.54, 1.807) is 6.20 Å². The molecule has 8 heteroatoms. The van der Waals surface area contributed by atoms with Gasteiger partial charge in [-0.1, -0.05) is 19.9 Å². The van der Waals surface area contributed by atoms with Crippen molar-refractivity contribution in [2.75, 3.05) is 18.1 Å². The lowest BCUT2D eigenvalue weighted by Gasteiger charge is -2.37. The minimum Gasteiger partial charge on any atom is -0.394 e. The predicted octanol–water partition coefficient (Wildman–Crippen LogP) is 4.38. The maximum absolute atomic E-state index is 14.5. The second-order valence-electron chi connectivity index (χ2n) is 10.3. The normalized spacial score (nSPS) is 26.8. The highest BCUT2D eigenvalue weighted by Crippen LogP contribution is 2.69. The highest BCUT2D eigenvalue weighted by atomic mass is 19.1. The smallest absolute Gasteiger partial charge is 0.225 e. The molecular formula is C26H27F2N5O. The lowest BCUT2D eigenvalue weighted by Crippen LogP contribution is -2.39. The van der Waals surface area contributed by atoms with Gasteiger partial charge in [0, 0.05) is 12.7 Å². The van der Waals surface area contributed by atoms with Crippen molar-refractivity contribution in [2.45, 2.75) is 56.9 Å². The van der Waals surface area contributed by atoms with Crippen molar-refractivity contribution >= 4 is 5.95 Å². The van der Waals surface area contributed by atoms with Crippen molar-refractivity contribution in [3.05, 3.63) is 65.1 Å². The fourth-order valence-corrected chi connectivity index (χ4v) is 6.77. The quantitative estimate of drug-likeness (QED) is 0.619. The van der Waals surface area contributed by atoms with Crippen molar-refractivity contribution in [3.63, 3.8) is 0 Å². The van der Waals surface area contributed by atoms with Crippen molar-refractivity contribution < 1.29 is 13.9 Å². The van der Waals surface area contributed by atoms with Crippen LogP contribution >= 0.6 is 0 Å². The first-order valence-electron chi connectivity index (χ1n) is 11.9. The zero-order valence-electron chi connectivity index (χ0n) is 19.3. The number of fused-ring (bicyclic) bond motifs is 5. The third kappa shape index (κ3) is 2.75. The average molecular weight is 464 g/mol. The molecule has 6 rings (SSSR count). The summed E-state index contributed by atoms with van der Waals surface area (Å²) in [5.74, 6) is -0.470. The molecule has 34 heavy (non-hydrogen) atoms. The summed E-state index contributed by atoms with van der Waals surface area (Å²) in [6.45, 7) is 5.35. The molecule has 1 aromatic carbocycles. The van der Waals surface area contributed by atoms with E-state index in [-0.39, 0.29) is 35.2 Å². The van der Waals surface area contributed by atoms with Crippen molar-refractivity contribution in [2.24, 2.45) is 5.41 Å². The van der Waals surface area contributed by atoms with Crippen LogP contribution < -0.4 is 4.90 Å². The zero-order chi connectivity index (χ0) is 23.7. The van der Waals surface area contributed by atoms with E-state index < -0.39 is 17.0 Å². The molecule has 1 saturated carbocycles. The van der Waals surface area contributed by atoms with Crippen LogP contribution in [0.3, 0.4) is 0 Å². The molecule has 1 saturated heterocycles. The molecule has 0 unspecified atom stereocenters. The van der Waals surface area contributed by atoms with Gasteiger partial charge in [0.1, 0.15) is 11.6 Å². The van der Waals surface area contributed by atoms with Crippen LogP contribution in [0, 0.1) is 17.0 Å². The van der Waals surface area contributed by atoms with Gasteiger partial charge >= 0.3 is 0 Å². The summed E-state index contributed by atoms with van der Waals surface area (Å²) in [5.41, 5.74) is 2.16. The topological polar surface area (TPSA) is 75.0 Å². The van der Waals surface area contributed by atoms with E-state index in [4.69, 9.17) is 4.98 Å². The summed E-state index contributed by atoms with van der Waals surface area (Å²) in [6.07, 6.45) is 5.53. The van der Waals surface area contributed by atoms with Gasteiger partial charge in [-0.3, -0.25) is 0 Å². The Hall–Kier alpha value is -3.00. The van der Waals surface area contributed by atoms with Gasteiger partial charge in [-0.05, 0) is 66.8 Å². The molecule has 1 aliphatic heterocycles. The van der Waals surface area contributed by atoms with Gasteiger partial charge in [-0.2, -0.15) is 5.10 Å². The number of hydrogen-bond acceptors (Lipinski definition) is 6. The number of halogens is 2. The van der Waals surface area contributed by atoms with Crippen LogP contribution in [-0.2, 0) is 5.41 Å². The van der Waals surface area contributed by atoms with E-state index in [1.807, 2.05) is 12.1 Å². The predicted molar refractivity (Wildman–Crippen MR) is 123 cm³/mol. The minimum atomic E-state index is -0.643. The van der Waals surface area contributed by atoms with Crippen LogP contribution in [0.25, 0.3) is 11.3 Å². The highest BCUT2D eigenvalue weighted by molar-refractivity contribution is 5.64. The van der Waals surface area contributed by atoms with Crippen molar-refractivity contribution in [1.29, 1.82) is 0 Å². The number of anilines is 1. The Labute approximate surface area is 197 Å². The Morgan fingerprint density at radius 1 is 1.12 bits per heavy atom. The van der Waals surface area contributed by atoms with E-state index in [1.165, 1.54) is 18.2 Å². The standard InChI is InChI=1S/C26H27F2N5O/c1-25(2)17-8-10-26(25,21-9-11-29-24(30-21)33-12-4-5-15(33)14-34)23-16(17)13-20(31-32-23)22-18(27)6-3-7-19(22)28/h3,6-7,9,11,13,15,17,34H,4-5,8,10,12,14H2,1-2H3/t15-,17-,26-/m0/s1. The lowest BCUT2D eigenvalue weighted by atomic mass is 9.66. The molecule has 0 amide bonds. The van der Waals surface area contributed by atoms with Crippen LogP contribution in [-0.4, -0.2) is 44.5 Å². The second-order valence-corrected chi connectivity index (χ2v) is 10.3. The minimum absolute atomic E-state index is 0.0333. The first-order chi connectivity index (χ1) is 16.4. The Balaban J connectivity index is 1.48. The van der Waals surface area contributed by atoms with Crippen LogP contribution in [0.15, 0.2) is 36.5 Å². The molecule has 2 fully saturated rings. The first kappa shape index (κ1) is 21.5. The van der Waals surface area contributed by atoms with Gasteiger partial charge in [0.2, 0.25) is 5.95 Å². The molecule has 2 aliphatic carbocycles.